The lowest BCUT2D eigenvalue weighted by Crippen LogP contribution is -2.08. The fourth-order valence-corrected chi connectivity index (χ4v) is 4.99. The van der Waals surface area contributed by atoms with E-state index in [1.165, 1.54) is 36.4 Å². The van der Waals surface area contributed by atoms with Crippen molar-refractivity contribution in [2.75, 3.05) is 0 Å². The second kappa shape index (κ2) is 9.97. The van der Waals surface area contributed by atoms with E-state index in [1.807, 2.05) is 12.1 Å². The predicted octanol–water partition coefficient (Wildman–Crippen LogP) is 8.63. The molecule has 5 rings (SSSR count). The van der Waals surface area contributed by atoms with E-state index in [0.717, 1.165) is 24.3 Å². The van der Waals surface area contributed by atoms with Gasteiger partial charge in [0, 0.05) is 5.57 Å². The maximum atomic E-state index is 13.6. The summed E-state index contributed by atoms with van der Waals surface area (Å²) in [5, 5.41) is 37.7. The van der Waals surface area contributed by atoms with Crippen molar-refractivity contribution >= 4 is 5.57 Å². The number of fused-ring (bicyclic) bond motifs is 3. The molecule has 1 aliphatic carbocycles. The second-order valence-electron chi connectivity index (χ2n) is 9.23. The number of hydrogen-bond donors (Lipinski definition) is 0. The summed E-state index contributed by atoms with van der Waals surface area (Å²) in [4.78, 5) is 0. The molecule has 0 aromatic heterocycles. The van der Waals surface area contributed by atoms with Gasteiger partial charge in [0.15, 0.2) is 0 Å². The number of benzene rings is 4. The van der Waals surface area contributed by atoms with Crippen LogP contribution in [0, 0.1) is 45.3 Å². The molecule has 0 atom stereocenters. The molecule has 0 fully saturated rings. The van der Waals surface area contributed by atoms with E-state index in [1.54, 1.807) is 24.3 Å². The van der Waals surface area contributed by atoms with Crippen LogP contribution in [0.25, 0.3) is 39.0 Å². The molecule has 0 heterocycles. The molecule has 202 valence electrons. The zero-order valence-electron chi connectivity index (χ0n) is 21.0. The van der Waals surface area contributed by atoms with Crippen LogP contribution in [0.4, 0.5) is 26.3 Å². The van der Waals surface area contributed by atoms with Gasteiger partial charge in [-0.25, -0.2) is 0 Å². The van der Waals surface area contributed by atoms with Crippen molar-refractivity contribution < 1.29 is 26.3 Å². The number of alkyl halides is 6. The molecular weight excluding hydrogens is 554 g/mol. The third kappa shape index (κ3) is 4.62. The summed E-state index contributed by atoms with van der Waals surface area (Å²) < 4.78 is 81.5. The van der Waals surface area contributed by atoms with Gasteiger partial charge >= 0.3 is 12.4 Å². The molecule has 4 aromatic carbocycles. The molecule has 0 spiro atoms. The number of rotatable bonds is 2. The van der Waals surface area contributed by atoms with Crippen molar-refractivity contribution in [2.24, 2.45) is 0 Å². The SMILES string of the molecule is N#CC(C#N)=C1c2cc(-c3ccc(C#N)c(C(F)(F)F)c3)ccc2-c2ccc(-c3ccc(C#N)c(C(F)(F)F)c3)cc21. The standard InChI is InChI=1S/C32H12F6N4/c33-31(34,35)28-11-19(1-3-21(28)13-39)17-5-7-24-25-8-6-18(10-27(25)30(26(24)9-17)23(15-41)16-42)20-2-4-22(14-40)29(12-20)32(36,37)38/h1-12H. The van der Waals surface area contributed by atoms with Gasteiger partial charge in [-0.2, -0.15) is 47.4 Å². The summed E-state index contributed by atoms with van der Waals surface area (Å²) in [7, 11) is 0. The van der Waals surface area contributed by atoms with Gasteiger partial charge in [0.25, 0.3) is 0 Å². The average molecular weight is 566 g/mol. The Bertz CT molecular complexity index is 1860. The van der Waals surface area contributed by atoms with Crippen molar-refractivity contribution in [2.45, 2.75) is 12.4 Å². The van der Waals surface area contributed by atoms with Gasteiger partial charge in [-0.3, -0.25) is 0 Å². The van der Waals surface area contributed by atoms with Gasteiger partial charge in [0.2, 0.25) is 0 Å². The molecule has 0 radical (unpaired) electrons. The summed E-state index contributed by atoms with van der Waals surface area (Å²) in [5.41, 5.74) is -0.571. The summed E-state index contributed by atoms with van der Waals surface area (Å²) >= 11 is 0. The smallest absolute Gasteiger partial charge is 0.192 e. The Labute approximate surface area is 234 Å². The Kier molecular flexibility index (Phi) is 6.58. The molecule has 42 heavy (non-hydrogen) atoms. The van der Waals surface area contributed by atoms with E-state index in [9.17, 15) is 36.9 Å². The van der Waals surface area contributed by atoms with Crippen molar-refractivity contribution in [3.63, 3.8) is 0 Å². The molecule has 0 unspecified atom stereocenters. The van der Waals surface area contributed by atoms with Crippen LogP contribution in [0.1, 0.15) is 33.4 Å². The minimum absolute atomic E-state index is 0.146. The molecule has 4 aromatic rings. The summed E-state index contributed by atoms with van der Waals surface area (Å²) in [6.07, 6.45) is -9.55. The van der Waals surface area contributed by atoms with Crippen molar-refractivity contribution in [3.05, 3.63) is 112 Å². The predicted molar refractivity (Wildman–Crippen MR) is 139 cm³/mol. The maximum Gasteiger partial charge on any atom is 0.417 e. The normalized spacial score (nSPS) is 11.9. The van der Waals surface area contributed by atoms with Crippen LogP contribution in [0.2, 0.25) is 0 Å². The molecule has 10 heteroatoms. The molecular formula is C32H12F6N4. The van der Waals surface area contributed by atoms with Crippen LogP contribution in [0.15, 0.2) is 78.4 Å². The van der Waals surface area contributed by atoms with Crippen LogP contribution in [0.3, 0.4) is 0 Å². The Morgan fingerprint density at radius 2 is 0.833 bits per heavy atom. The summed E-state index contributed by atoms with van der Waals surface area (Å²) in [6, 6.07) is 22.7. The highest BCUT2D eigenvalue weighted by Gasteiger charge is 2.35. The molecule has 0 saturated carbocycles. The van der Waals surface area contributed by atoms with Crippen molar-refractivity contribution in [1.82, 2.24) is 0 Å². The highest BCUT2D eigenvalue weighted by Crippen LogP contribution is 2.48. The van der Waals surface area contributed by atoms with E-state index >= 15 is 0 Å². The molecule has 0 saturated heterocycles. The highest BCUT2D eigenvalue weighted by molar-refractivity contribution is 6.05. The van der Waals surface area contributed by atoms with Crippen LogP contribution < -0.4 is 0 Å². The molecule has 0 amide bonds. The van der Waals surface area contributed by atoms with E-state index in [2.05, 4.69) is 0 Å². The second-order valence-corrected chi connectivity index (χ2v) is 9.23. The first-order chi connectivity index (χ1) is 19.9. The largest absolute Gasteiger partial charge is 0.417 e. The van der Waals surface area contributed by atoms with Crippen LogP contribution in [0.5, 0.6) is 0 Å². The lowest BCUT2D eigenvalue weighted by Gasteiger charge is -2.12. The van der Waals surface area contributed by atoms with Crippen LogP contribution in [-0.4, -0.2) is 0 Å². The first kappa shape index (κ1) is 27.7. The number of hydrogen-bond acceptors (Lipinski definition) is 4. The van der Waals surface area contributed by atoms with Crippen molar-refractivity contribution in [1.29, 1.82) is 21.0 Å². The fourth-order valence-electron chi connectivity index (χ4n) is 4.99. The lowest BCUT2D eigenvalue weighted by atomic mass is 9.93. The molecule has 0 aliphatic heterocycles. The zero-order valence-corrected chi connectivity index (χ0v) is 21.0. The lowest BCUT2D eigenvalue weighted by molar-refractivity contribution is -0.138. The van der Waals surface area contributed by atoms with E-state index in [-0.39, 0.29) is 22.3 Å². The number of allylic oxidation sites excluding steroid dienone is 1. The molecule has 0 bridgehead atoms. The maximum absolute atomic E-state index is 13.6. The quantitative estimate of drug-likeness (QED) is 0.158. The van der Waals surface area contributed by atoms with Gasteiger partial charge in [-0.1, -0.05) is 36.4 Å². The van der Waals surface area contributed by atoms with Crippen LogP contribution in [-0.2, 0) is 12.4 Å². The average Bonchev–Trinajstić information content (AvgIpc) is 3.29. The zero-order chi connectivity index (χ0) is 30.4. The highest BCUT2D eigenvalue weighted by atomic mass is 19.4. The minimum atomic E-state index is -4.78. The summed E-state index contributed by atoms with van der Waals surface area (Å²) in [6.45, 7) is 0. The van der Waals surface area contributed by atoms with E-state index < -0.39 is 34.6 Å². The number of nitrogens with zero attached hydrogens (tertiary/aromatic N) is 4. The first-order valence-electron chi connectivity index (χ1n) is 12.0. The minimum Gasteiger partial charge on any atom is -0.192 e. The topological polar surface area (TPSA) is 95.2 Å². The fraction of sp³-hybridized carbons (Fsp3) is 0.0625. The Morgan fingerprint density at radius 1 is 0.476 bits per heavy atom. The van der Waals surface area contributed by atoms with E-state index in [4.69, 9.17) is 10.5 Å². The number of halogens is 6. The van der Waals surface area contributed by atoms with Gasteiger partial charge in [0.05, 0.1) is 34.4 Å². The van der Waals surface area contributed by atoms with E-state index in [0.29, 0.717) is 33.4 Å². The third-order valence-corrected chi connectivity index (χ3v) is 6.90. The molecule has 0 N–H and O–H groups in total. The third-order valence-electron chi connectivity index (χ3n) is 6.90. The van der Waals surface area contributed by atoms with Gasteiger partial charge in [-0.05, 0) is 80.9 Å². The first-order valence-corrected chi connectivity index (χ1v) is 12.0. The molecule has 1 aliphatic rings. The Morgan fingerprint density at radius 3 is 1.17 bits per heavy atom. The molecule has 4 nitrogen and oxygen atoms in total. The Hall–Kier alpha value is -5.84. The number of nitriles is 4. The van der Waals surface area contributed by atoms with Crippen molar-refractivity contribution in [3.8, 4) is 57.7 Å². The van der Waals surface area contributed by atoms with Crippen LogP contribution >= 0.6 is 0 Å². The van der Waals surface area contributed by atoms with Gasteiger partial charge in [-0.15, -0.1) is 0 Å². The Balaban J connectivity index is 1.69. The summed E-state index contributed by atoms with van der Waals surface area (Å²) in [5.74, 6) is 0. The monoisotopic (exact) mass is 566 g/mol. The van der Waals surface area contributed by atoms with Gasteiger partial charge < -0.3 is 0 Å². The van der Waals surface area contributed by atoms with Gasteiger partial charge in [0.1, 0.15) is 17.7 Å².